The van der Waals surface area contributed by atoms with Gasteiger partial charge in [0.25, 0.3) is 0 Å². The van der Waals surface area contributed by atoms with E-state index in [9.17, 15) is 0 Å². The summed E-state index contributed by atoms with van der Waals surface area (Å²) in [6.45, 7) is 0. The van der Waals surface area contributed by atoms with E-state index in [1.54, 1.807) is 0 Å². The first-order valence-corrected chi connectivity index (χ1v) is 21.4. The molecule has 12 aromatic rings. The first kappa shape index (κ1) is 34.3. The number of hydrogen-bond donors (Lipinski definition) is 0. The quantitative estimate of drug-likeness (QED) is 0.178. The summed E-state index contributed by atoms with van der Waals surface area (Å²) in [5, 5.41) is 4.54. The van der Waals surface area contributed by atoms with Crippen molar-refractivity contribution in [3.63, 3.8) is 0 Å². The minimum Gasteiger partial charge on any atom is -0.455 e. The van der Waals surface area contributed by atoms with E-state index in [0.717, 1.165) is 49.8 Å². The molecule has 9 aromatic carbocycles. The number of furan rings is 1. The van der Waals surface area contributed by atoms with Crippen LogP contribution in [0.2, 0.25) is 0 Å². The van der Waals surface area contributed by atoms with Crippen molar-refractivity contribution in [2.24, 2.45) is 0 Å². The normalized spacial score (nSPS) is 13.2. The zero-order valence-corrected chi connectivity index (χ0v) is 33.8. The van der Waals surface area contributed by atoms with Gasteiger partial charge >= 0.3 is 0 Å². The van der Waals surface area contributed by atoms with Crippen molar-refractivity contribution in [1.82, 2.24) is 19.5 Å². The van der Waals surface area contributed by atoms with Crippen LogP contribution in [0.3, 0.4) is 0 Å². The summed E-state index contributed by atoms with van der Waals surface area (Å²) in [6.07, 6.45) is 0. The van der Waals surface area contributed by atoms with Gasteiger partial charge in [0, 0.05) is 38.4 Å². The van der Waals surface area contributed by atoms with Crippen LogP contribution in [-0.4, -0.2) is 19.5 Å². The number of rotatable bonds is 4. The van der Waals surface area contributed by atoms with E-state index >= 15 is 0 Å². The molecule has 1 spiro atoms. The fraction of sp³-hybridized carbons (Fsp3) is 0.0172. The highest BCUT2D eigenvalue weighted by atomic mass is 16.3. The number of para-hydroxylation sites is 2. The molecular formula is C58H34N4O. The van der Waals surface area contributed by atoms with Gasteiger partial charge in [0.1, 0.15) is 11.2 Å². The lowest BCUT2D eigenvalue weighted by Gasteiger charge is -2.31. The van der Waals surface area contributed by atoms with Crippen LogP contribution in [0.1, 0.15) is 22.3 Å². The Morgan fingerprint density at radius 2 is 0.921 bits per heavy atom. The molecule has 0 N–H and O–H groups in total. The summed E-state index contributed by atoms with van der Waals surface area (Å²) in [5.74, 6) is 1.79. The molecule has 2 aliphatic carbocycles. The summed E-state index contributed by atoms with van der Waals surface area (Å²) < 4.78 is 9.24. The minimum absolute atomic E-state index is 0.468. The third-order valence-corrected chi connectivity index (χ3v) is 13.5. The Hall–Kier alpha value is -8.41. The molecule has 0 saturated heterocycles. The molecule has 0 fully saturated rings. The van der Waals surface area contributed by atoms with Crippen LogP contribution >= 0.6 is 0 Å². The Kier molecular flexibility index (Phi) is 6.97. The number of hydrogen-bond acceptors (Lipinski definition) is 4. The van der Waals surface area contributed by atoms with Crippen molar-refractivity contribution in [1.29, 1.82) is 0 Å². The van der Waals surface area contributed by atoms with Crippen molar-refractivity contribution >= 4 is 43.7 Å². The first-order chi connectivity index (χ1) is 31.3. The van der Waals surface area contributed by atoms with Crippen molar-refractivity contribution in [2.45, 2.75) is 5.41 Å². The zero-order valence-electron chi connectivity index (χ0n) is 33.8. The fourth-order valence-electron chi connectivity index (χ4n) is 11.0. The van der Waals surface area contributed by atoms with Crippen molar-refractivity contribution in [3.05, 3.63) is 229 Å². The summed E-state index contributed by atoms with van der Waals surface area (Å²) >= 11 is 0. The molecule has 0 bridgehead atoms. The van der Waals surface area contributed by atoms with E-state index < -0.39 is 5.41 Å². The molecule has 3 heterocycles. The summed E-state index contributed by atoms with van der Waals surface area (Å²) in [4.78, 5) is 15.1. The standard InChI is InChI=1S/C58H34N4O/c1-3-16-35(17-4-1)55-59-56(36-18-5-2-6-19-36)61-57(60-55)44-25-15-24-42-45-34-37(30-33-51(45)63-54(42)44)62-49-29-14-10-23-43(49)52-50(62)32-31-41-40-22-9-13-28-48(40)58(53(41)52)46-26-11-7-20-38(46)39-21-8-12-27-47(39)58/h1-34H. The average Bonchev–Trinajstić information content (AvgIpc) is 4.08. The van der Waals surface area contributed by atoms with Crippen LogP contribution in [0, 0.1) is 0 Å². The Morgan fingerprint density at radius 3 is 1.59 bits per heavy atom. The van der Waals surface area contributed by atoms with Gasteiger partial charge in [0.2, 0.25) is 0 Å². The maximum atomic E-state index is 6.79. The van der Waals surface area contributed by atoms with Crippen LogP contribution in [0.15, 0.2) is 211 Å². The molecule has 5 nitrogen and oxygen atoms in total. The maximum Gasteiger partial charge on any atom is 0.167 e. The van der Waals surface area contributed by atoms with Crippen molar-refractivity contribution in [2.75, 3.05) is 0 Å². The second-order valence-electron chi connectivity index (χ2n) is 16.6. The Bertz CT molecular complexity index is 3740. The second kappa shape index (κ2) is 12.8. The number of aromatic nitrogens is 4. The van der Waals surface area contributed by atoms with Gasteiger partial charge in [-0.15, -0.1) is 0 Å². The number of benzene rings is 9. The number of nitrogens with zero attached hydrogens (tertiary/aromatic N) is 4. The topological polar surface area (TPSA) is 56.7 Å². The van der Waals surface area contributed by atoms with Crippen LogP contribution in [0.5, 0.6) is 0 Å². The molecule has 0 amide bonds. The minimum atomic E-state index is -0.468. The van der Waals surface area contributed by atoms with Crippen LogP contribution in [0.25, 0.3) is 106 Å². The van der Waals surface area contributed by atoms with E-state index in [4.69, 9.17) is 19.4 Å². The lowest BCUT2D eigenvalue weighted by Crippen LogP contribution is -2.26. The van der Waals surface area contributed by atoms with Gasteiger partial charge in [-0.05, 0) is 80.9 Å². The first-order valence-electron chi connectivity index (χ1n) is 21.4. The summed E-state index contributed by atoms with van der Waals surface area (Å²) in [7, 11) is 0. The molecule has 2 aliphatic rings. The highest BCUT2D eigenvalue weighted by Gasteiger charge is 2.52. The van der Waals surface area contributed by atoms with Crippen molar-refractivity contribution < 1.29 is 4.42 Å². The molecule has 0 aliphatic heterocycles. The van der Waals surface area contributed by atoms with E-state index in [1.807, 2.05) is 66.7 Å². The molecule has 0 atom stereocenters. The lowest BCUT2D eigenvalue weighted by molar-refractivity contribution is 0.669. The Morgan fingerprint density at radius 1 is 0.381 bits per heavy atom. The molecule has 3 aromatic heterocycles. The van der Waals surface area contributed by atoms with Gasteiger partial charge in [-0.3, -0.25) is 0 Å². The van der Waals surface area contributed by atoms with E-state index in [1.165, 1.54) is 60.8 Å². The molecule has 292 valence electrons. The monoisotopic (exact) mass is 802 g/mol. The summed E-state index contributed by atoms with van der Waals surface area (Å²) in [6, 6.07) is 73.7. The van der Waals surface area contributed by atoms with E-state index in [0.29, 0.717) is 17.5 Å². The highest BCUT2D eigenvalue weighted by molar-refractivity contribution is 6.17. The fourth-order valence-corrected chi connectivity index (χ4v) is 11.0. The van der Waals surface area contributed by atoms with Crippen LogP contribution < -0.4 is 0 Å². The SMILES string of the molecule is c1ccc(-c2nc(-c3ccccc3)nc(-c3cccc4c3oc3ccc(-n5c6ccccc6c6c7c(ccc65)-c5ccccc5C75c6ccccc6-c6ccccc65)cc34)n2)cc1. The lowest BCUT2D eigenvalue weighted by atomic mass is 9.69. The van der Waals surface area contributed by atoms with Gasteiger partial charge in [-0.2, -0.15) is 0 Å². The molecule has 0 radical (unpaired) electrons. The molecule has 0 unspecified atom stereocenters. The van der Waals surface area contributed by atoms with E-state index in [-0.39, 0.29) is 0 Å². The van der Waals surface area contributed by atoms with Gasteiger partial charge in [-0.1, -0.05) is 170 Å². The molecule has 5 heteroatoms. The highest BCUT2D eigenvalue weighted by Crippen LogP contribution is 2.64. The third-order valence-electron chi connectivity index (χ3n) is 13.5. The molecule has 63 heavy (non-hydrogen) atoms. The molecule has 0 saturated carbocycles. The van der Waals surface area contributed by atoms with Gasteiger partial charge in [0.15, 0.2) is 17.5 Å². The molecular weight excluding hydrogens is 769 g/mol. The van der Waals surface area contributed by atoms with Gasteiger partial charge < -0.3 is 8.98 Å². The second-order valence-corrected chi connectivity index (χ2v) is 16.6. The van der Waals surface area contributed by atoms with Crippen LogP contribution in [-0.2, 0) is 5.41 Å². The zero-order chi connectivity index (χ0) is 41.2. The third kappa shape index (κ3) is 4.63. The van der Waals surface area contributed by atoms with Crippen LogP contribution in [0.4, 0.5) is 0 Å². The number of fused-ring (bicyclic) bond motifs is 17. The smallest absolute Gasteiger partial charge is 0.167 e. The molecule has 14 rings (SSSR count). The predicted molar refractivity (Wildman–Crippen MR) is 254 cm³/mol. The van der Waals surface area contributed by atoms with Gasteiger partial charge in [0.05, 0.1) is 22.0 Å². The Labute approximate surface area is 362 Å². The largest absolute Gasteiger partial charge is 0.455 e. The predicted octanol–water partition coefficient (Wildman–Crippen LogP) is 14.2. The van der Waals surface area contributed by atoms with Crippen molar-refractivity contribution in [3.8, 4) is 62.1 Å². The van der Waals surface area contributed by atoms with E-state index in [2.05, 4.69) is 144 Å². The Balaban J connectivity index is 1.00. The maximum absolute atomic E-state index is 6.79. The summed E-state index contributed by atoms with van der Waals surface area (Å²) in [5.41, 5.74) is 17.7. The van der Waals surface area contributed by atoms with Gasteiger partial charge in [-0.25, -0.2) is 15.0 Å². The average molecular weight is 803 g/mol.